The molecule has 1 heterocycles. The number of aryl methyl sites for hydroxylation is 2. The molecule has 3 nitrogen and oxygen atoms in total. The average Bonchev–Trinajstić information content (AvgIpc) is 2.74. The number of hydrogen-bond donors (Lipinski definition) is 2. The molecular weight excluding hydrogens is 222 g/mol. The van der Waals surface area contributed by atoms with Gasteiger partial charge in [-0.1, -0.05) is 6.07 Å². The lowest BCUT2D eigenvalue weighted by atomic mass is 9.86. The van der Waals surface area contributed by atoms with Gasteiger partial charge in [-0.3, -0.25) is 0 Å². The average molecular weight is 243 g/mol. The fourth-order valence-electron chi connectivity index (χ4n) is 3.08. The molecule has 1 fully saturated rings. The Balaban J connectivity index is 1.96. The van der Waals surface area contributed by atoms with Crippen molar-refractivity contribution in [2.24, 2.45) is 5.73 Å². The molecule has 3 N–H and O–H groups in total. The van der Waals surface area contributed by atoms with Crippen molar-refractivity contribution in [2.75, 3.05) is 0 Å². The minimum atomic E-state index is 0.398. The third kappa shape index (κ3) is 2.03. The number of nitrogens with one attached hydrogen (secondary N) is 1. The molecular formula is C15H21N3. The highest BCUT2D eigenvalue weighted by Gasteiger charge is 2.22. The first-order valence-corrected chi connectivity index (χ1v) is 6.86. The molecule has 1 saturated carbocycles. The van der Waals surface area contributed by atoms with Crippen LogP contribution in [0.25, 0.3) is 11.0 Å². The highest BCUT2D eigenvalue weighted by Crippen LogP contribution is 2.32. The molecule has 0 bridgehead atoms. The van der Waals surface area contributed by atoms with Crippen molar-refractivity contribution in [3.8, 4) is 0 Å². The smallest absolute Gasteiger partial charge is 0.110 e. The van der Waals surface area contributed by atoms with E-state index in [1.165, 1.54) is 29.5 Å². The van der Waals surface area contributed by atoms with Crippen LogP contribution < -0.4 is 5.73 Å². The molecule has 18 heavy (non-hydrogen) atoms. The number of aromatic amines is 1. The molecule has 96 valence electrons. The predicted octanol–water partition coefficient (Wildman–Crippen LogP) is 3.16. The van der Waals surface area contributed by atoms with E-state index in [1.807, 2.05) is 0 Å². The third-order valence-electron chi connectivity index (χ3n) is 4.10. The molecule has 1 aliphatic carbocycles. The van der Waals surface area contributed by atoms with E-state index in [2.05, 4.69) is 31.0 Å². The summed E-state index contributed by atoms with van der Waals surface area (Å²) in [4.78, 5) is 8.32. The lowest BCUT2D eigenvalue weighted by molar-refractivity contribution is 0.386. The van der Waals surface area contributed by atoms with Crippen LogP contribution in [0.2, 0.25) is 0 Å². The zero-order chi connectivity index (χ0) is 12.7. The van der Waals surface area contributed by atoms with Gasteiger partial charge in [-0.25, -0.2) is 4.98 Å². The summed E-state index contributed by atoms with van der Waals surface area (Å²) in [6.07, 6.45) is 4.58. The molecule has 1 aromatic carbocycles. The van der Waals surface area contributed by atoms with Gasteiger partial charge in [0.05, 0.1) is 11.0 Å². The van der Waals surface area contributed by atoms with Crippen molar-refractivity contribution in [1.29, 1.82) is 0 Å². The minimum Gasteiger partial charge on any atom is -0.342 e. The van der Waals surface area contributed by atoms with Crippen molar-refractivity contribution in [2.45, 2.75) is 51.5 Å². The number of nitrogens with zero attached hydrogens (tertiary/aromatic N) is 1. The van der Waals surface area contributed by atoms with E-state index in [1.54, 1.807) is 0 Å². The van der Waals surface area contributed by atoms with Crippen molar-refractivity contribution >= 4 is 11.0 Å². The number of hydrogen-bond acceptors (Lipinski definition) is 2. The molecule has 0 unspecified atom stereocenters. The maximum absolute atomic E-state index is 5.96. The Morgan fingerprint density at radius 1 is 1.17 bits per heavy atom. The largest absolute Gasteiger partial charge is 0.342 e. The summed E-state index contributed by atoms with van der Waals surface area (Å²) in [6.45, 7) is 4.27. The number of rotatable bonds is 1. The van der Waals surface area contributed by atoms with Crippen LogP contribution >= 0.6 is 0 Å². The Hall–Kier alpha value is -1.35. The van der Waals surface area contributed by atoms with Crippen LogP contribution in [0.3, 0.4) is 0 Å². The van der Waals surface area contributed by atoms with Crippen LogP contribution in [0, 0.1) is 13.8 Å². The predicted molar refractivity (Wildman–Crippen MR) is 74.8 cm³/mol. The highest BCUT2D eigenvalue weighted by molar-refractivity contribution is 5.79. The van der Waals surface area contributed by atoms with Crippen LogP contribution in [0.4, 0.5) is 0 Å². The number of H-pyrrole nitrogens is 1. The Labute approximate surface area is 108 Å². The Kier molecular flexibility index (Phi) is 2.86. The molecule has 3 rings (SSSR count). The van der Waals surface area contributed by atoms with E-state index in [9.17, 15) is 0 Å². The maximum Gasteiger partial charge on any atom is 0.110 e. The van der Waals surface area contributed by atoms with Crippen LogP contribution in [-0.4, -0.2) is 16.0 Å². The summed E-state index contributed by atoms with van der Waals surface area (Å²) < 4.78 is 0. The number of imidazole rings is 1. The van der Waals surface area contributed by atoms with Gasteiger partial charge in [-0.15, -0.1) is 0 Å². The zero-order valence-electron chi connectivity index (χ0n) is 11.2. The quantitative estimate of drug-likeness (QED) is 0.808. The SMILES string of the molecule is Cc1cc(C)c2nc(C3CCC(N)CC3)[nH]c2c1. The summed E-state index contributed by atoms with van der Waals surface area (Å²) in [6, 6.07) is 4.78. The van der Waals surface area contributed by atoms with Gasteiger partial charge in [0.25, 0.3) is 0 Å². The number of nitrogens with two attached hydrogens (primary N) is 1. The van der Waals surface area contributed by atoms with Crippen molar-refractivity contribution in [3.05, 3.63) is 29.1 Å². The third-order valence-corrected chi connectivity index (χ3v) is 4.10. The summed E-state index contributed by atoms with van der Waals surface area (Å²) in [5.74, 6) is 1.72. The normalized spacial score (nSPS) is 24.6. The van der Waals surface area contributed by atoms with E-state index < -0.39 is 0 Å². The van der Waals surface area contributed by atoms with Gasteiger partial charge in [0.1, 0.15) is 5.82 Å². The Morgan fingerprint density at radius 3 is 2.61 bits per heavy atom. The lowest BCUT2D eigenvalue weighted by Gasteiger charge is -2.24. The topological polar surface area (TPSA) is 54.7 Å². The second-order valence-electron chi connectivity index (χ2n) is 5.71. The number of aromatic nitrogens is 2. The van der Waals surface area contributed by atoms with Crippen LogP contribution in [-0.2, 0) is 0 Å². The van der Waals surface area contributed by atoms with Gasteiger partial charge < -0.3 is 10.7 Å². The first-order valence-electron chi connectivity index (χ1n) is 6.86. The van der Waals surface area contributed by atoms with Gasteiger partial charge in [-0.2, -0.15) is 0 Å². The van der Waals surface area contributed by atoms with Crippen molar-refractivity contribution < 1.29 is 0 Å². The van der Waals surface area contributed by atoms with Gasteiger partial charge >= 0.3 is 0 Å². The van der Waals surface area contributed by atoms with E-state index in [4.69, 9.17) is 10.7 Å². The molecule has 1 aromatic heterocycles. The van der Waals surface area contributed by atoms with Crippen molar-refractivity contribution in [1.82, 2.24) is 9.97 Å². The zero-order valence-corrected chi connectivity index (χ0v) is 11.2. The number of benzene rings is 1. The molecule has 3 heteroatoms. The fraction of sp³-hybridized carbons (Fsp3) is 0.533. The van der Waals surface area contributed by atoms with E-state index >= 15 is 0 Å². The Morgan fingerprint density at radius 2 is 1.89 bits per heavy atom. The van der Waals surface area contributed by atoms with Crippen LogP contribution in [0.15, 0.2) is 12.1 Å². The molecule has 0 aliphatic heterocycles. The maximum atomic E-state index is 5.96. The molecule has 1 aliphatic rings. The van der Waals surface area contributed by atoms with Crippen LogP contribution in [0.1, 0.15) is 48.6 Å². The Bertz CT molecular complexity index is 562. The first kappa shape index (κ1) is 11.7. The van der Waals surface area contributed by atoms with E-state index in [0.717, 1.165) is 24.2 Å². The van der Waals surface area contributed by atoms with Crippen LogP contribution in [0.5, 0.6) is 0 Å². The van der Waals surface area contributed by atoms with E-state index in [-0.39, 0.29) is 0 Å². The van der Waals surface area contributed by atoms with Gasteiger partial charge in [0.15, 0.2) is 0 Å². The first-order chi connectivity index (χ1) is 8.63. The summed E-state index contributed by atoms with van der Waals surface area (Å²) in [7, 11) is 0. The van der Waals surface area contributed by atoms with Gasteiger partial charge in [0.2, 0.25) is 0 Å². The molecule has 0 radical (unpaired) electrons. The van der Waals surface area contributed by atoms with Crippen molar-refractivity contribution in [3.63, 3.8) is 0 Å². The van der Waals surface area contributed by atoms with Gasteiger partial charge in [-0.05, 0) is 56.7 Å². The standard InChI is InChI=1S/C15H21N3/c1-9-7-10(2)14-13(8-9)17-15(18-14)11-3-5-12(16)6-4-11/h7-8,11-12H,3-6,16H2,1-2H3,(H,17,18). The monoisotopic (exact) mass is 243 g/mol. The second-order valence-corrected chi connectivity index (χ2v) is 5.71. The number of fused-ring (bicyclic) bond motifs is 1. The van der Waals surface area contributed by atoms with E-state index in [0.29, 0.717) is 12.0 Å². The summed E-state index contributed by atoms with van der Waals surface area (Å²) in [5, 5.41) is 0. The summed E-state index contributed by atoms with van der Waals surface area (Å²) in [5.41, 5.74) is 10.8. The molecule has 2 aromatic rings. The molecule has 0 spiro atoms. The lowest BCUT2D eigenvalue weighted by Crippen LogP contribution is -2.26. The summed E-state index contributed by atoms with van der Waals surface area (Å²) >= 11 is 0. The molecule has 0 atom stereocenters. The highest BCUT2D eigenvalue weighted by atomic mass is 14.9. The molecule has 0 amide bonds. The molecule has 0 saturated heterocycles. The van der Waals surface area contributed by atoms with Gasteiger partial charge in [0, 0.05) is 12.0 Å². The minimum absolute atomic E-state index is 0.398. The second kappa shape index (κ2) is 4.39. The fourth-order valence-corrected chi connectivity index (χ4v) is 3.08.